The maximum atomic E-state index is 3.65. The second-order valence-corrected chi connectivity index (χ2v) is 5.25. The highest BCUT2D eigenvalue weighted by Crippen LogP contribution is 2.14. The average Bonchev–Trinajstić information content (AvgIpc) is 2.25. The standard InChI is InChI=1S/C13H28N2/c1-5-12-10-15(8-7-11(3)4)13(6-2)9-14-12/h11-14H,5-10H2,1-4H3. The summed E-state index contributed by atoms with van der Waals surface area (Å²) in [4.78, 5) is 2.70. The van der Waals surface area contributed by atoms with Gasteiger partial charge in [-0.25, -0.2) is 0 Å². The molecule has 0 amide bonds. The van der Waals surface area contributed by atoms with Crippen molar-refractivity contribution in [3.63, 3.8) is 0 Å². The first-order chi connectivity index (χ1) is 7.17. The fourth-order valence-electron chi connectivity index (χ4n) is 2.30. The molecule has 0 bridgehead atoms. The van der Waals surface area contributed by atoms with E-state index in [-0.39, 0.29) is 0 Å². The molecule has 2 nitrogen and oxygen atoms in total. The van der Waals surface area contributed by atoms with Crippen LogP contribution in [0.4, 0.5) is 0 Å². The smallest absolute Gasteiger partial charge is 0.0218 e. The van der Waals surface area contributed by atoms with E-state index < -0.39 is 0 Å². The van der Waals surface area contributed by atoms with Crippen molar-refractivity contribution in [3.05, 3.63) is 0 Å². The molecule has 0 aromatic heterocycles. The van der Waals surface area contributed by atoms with Gasteiger partial charge in [-0.1, -0.05) is 27.7 Å². The molecule has 1 aliphatic heterocycles. The Morgan fingerprint density at radius 1 is 1.27 bits per heavy atom. The van der Waals surface area contributed by atoms with Gasteiger partial charge in [0.1, 0.15) is 0 Å². The van der Waals surface area contributed by atoms with Crippen LogP contribution in [0.15, 0.2) is 0 Å². The lowest BCUT2D eigenvalue weighted by Crippen LogP contribution is -2.56. The van der Waals surface area contributed by atoms with E-state index in [4.69, 9.17) is 0 Å². The summed E-state index contributed by atoms with van der Waals surface area (Å²) < 4.78 is 0. The summed E-state index contributed by atoms with van der Waals surface area (Å²) in [5.41, 5.74) is 0. The topological polar surface area (TPSA) is 15.3 Å². The number of nitrogens with one attached hydrogen (secondary N) is 1. The molecule has 0 aliphatic carbocycles. The molecule has 2 unspecified atom stereocenters. The highest BCUT2D eigenvalue weighted by molar-refractivity contribution is 4.84. The number of nitrogens with zero attached hydrogens (tertiary/aromatic N) is 1. The van der Waals surface area contributed by atoms with E-state index >= 15 is 0 Å². The highest BCUT2D eigenvalue weighted by Gasteiger charge is 2.25. The van der Waals surface area contributed by atoms with Gasteiger partial charge in [0.15, 0.2) is 0 Å². The summed E-state index contributed by atoms with van der Waals surface area (Å²) >= 11 is 0. The second kappa shape index (κ2) is 6.49. The third-order valence-corrected chi connectivity index (χ3v) is 3.57. The third kappa shape index (κ3) is 4.12. The zero-order valence-electron chi connectivity index (χ0n) is 10.9. The van der Waals surface area contributed by atoms with Crippen LogP contribution in [0.1, 0.15) is 47.0 Å². The summed E-state index contributed by atoms with van der Waals surface area (Å²) in [6.07, 6.45) is 3.88. The van der Waals surface area contributed by atoms with Crippen LogP contribution in [0.5, 0.6) is 0 Å². The number of hydrogen-bond acceptors (Lipinski definition) is 2. The molecule has 0 radical (unpaired) electrons. The molecule has 2 atom stereocenters. The first kappa shape index (κ1) is 13.0. The van der Waals surface area contributed by atoms with Crippen LogP contribution in [0, 0.1) is 5.92 Å². The lowest BCUT2D eigenvalue weighted by atomic mass is 10.0. The fourth-order valence-corrected chi connectivity index (χ4v) is 2.30. The van der Waals surface area contributed by atoms with Crippen LogP contribution >= 0.6 is 0 Å². The van der Waals surface area contributed by atoms with Gasteiger partial charge in [0.05, 0.1) is 0 Å². The molecule has 1 aliphatic rings. The van der Waals surface area contributed by atoms with Gasteiger partial charge in [-0.05, 0) is 31.7 Å². The van der Waals surface area contributed by atoms with E-state index in [0.29, 0.717) is 0 Å². The molecular formula is C13H28N2. The van der Waals surface area contributed by atoms with Gasteiger partial charge < -0.3 is 5.32 Å². The first-order valence-electron chi connectivity index (χ1n) is 6.64. The number of rotatable bonds is 5. The molecule has 0 spiro atoms. The van der Waals surface area contributed by atoms with E-state index in [1.165, 1.54) is 38.9 Å². The van der Waals surface area contributed by atoms with Gasteiger partial charge >= 0.3 is 0 Å². The second-order valence-electron chi connectivity index (χ2n) is 5.25. The maximum Gasteiger partial charge on any atom is 0.0218 e. The van der Waals surface area contributed by atoms with Gasteiger partial charge in [-0.3, -0.25) is 4.90 Å². The van der Waals surface area contributed by atoms with Crippen molar-refractivity contribution in [1.82, 2.24) is 10.2 Å². The van der Waals surface area contributed by atoms with Gasteiger partial charge in [0, 0.05) is 25.2 Å². The molecule has 0 aromatic rings. The molecule has 2 heteroatoms. The van der Waals surface area contributed by atoms with Crippen LogP contribution in [-0.2, 0) is 0 Å². The predicted octanol–water partition coefficient (Wildman–Crippen LogP) is 2.49. The molecular weight excluding hydrogens is 184 g/mol. The zero-order chi connectivity index (χ0) is 11.3. The third-order valence-electron chi connectivity index (χ3n) is 3.57. The Morgan fingerprint density at radius 2 is 2.00 bits per heavy atom. The summed E-state index contributed by atoms with van der Waals surface area (Å²) in [6.45, 7) is 13.0. The van der Waals surface area contributed by atoms with Crippen molar-refractivity contribution in [2.45, 2.75) is 59.0 Å². The zero-order valence-corrected chi connectivity index (χ0v) is 10.9. The Balaban J connectivity index is 2.40. The van der Waals surface area contributed by atoms with Gasteiger partial charge in [-0.15, -0.1) is 0 Å². The largest absolute Gasteiger partial charge is 0.311 e. The Kier molecular flexibility index (Phi) is 5.62. The summed E-state index contributed by atoms with van der Waals surface area (Å²) in [5, 5.41) is 3.65. The molecule has 1 heterocycles. The van der Waals surface area contributed by atoms with Crippen LogP contribution in [0.3, 0.4) is 0 Å². The molecule has 15 heavy (non-hydrogen) atoms. The summed E-state index contributed by atoms with van der Waals surface area (Å²) in [7, 11) is 0. The normalized spacial score (nSPS) is 28.6. The predicted molar refractivity (Wildman–Crippen MR) is 67.2 cm³/mol. The number of piperazine rings is 1. The average molecular weight is 212 g/mol. The quantitative estimate of drug-likeness (QED) is 0.753. The molecule has 0 saturated carbocycles. The van der Waals surface area contributed by atoms with Crippen LogP contribution in [0.25, 0.3) is 0 Å². The molecule has 90 valence electrons. The van der Waals surface area contributed by atoms with E-state index in [0.717, 1.165) is 18.0 Å². The van der Waals surface area contributed by atoms with Crippen molar-refractivity contribution < 1.29 is 0 Å². The lowest BCUT2D eigenvalue weighted by Gasteiger charge is -2.40. The number of hydrogen-bond donors (Lipinski definition) is 1. The lowest BCUT2D eigenvalue weighted by molar-refractivity contribution is 0.119. The molecule has 0 aromatic carbocycles. The molecule has 1 fully saturated rings. The summed E-state index contributed by atoms with van der Waals surface area (Å²) in [6, 6.07) is 1.49. The van der Waals surface area contributed by atoms with Crippen molar-refractivity contribution in [1.29, 1.82) is 0 Å². The van der Waals surface area contributed by atoms with Gasteiger partial charge in [-0.2, -0.15) is 0 Å². The Morgan fingerprint density at radius 3 is 2.53 bits per heavy atom. The Labute approximate surface area is 95.4 Å². The first-order valence-corrected chi connectivity index (χ1v) is 6.64. The fraction of sp³-hybridized carbons (Fsp3) is 1.00. The maximum absolute atomic E-state index is 3.65. The van der Waals surface area contributed by atoms with Crippen LogP contribution in [-0.4, -0.2) is 36.6 Å². The minimum Gasteiger partial charge on any atom is -0.311 e. The highest BCUT2D eigenvalue weighted by atomic mass is 15.2. The summed E-state index contributed by atoms with van der Waals surface area (Å²) in [5.74, 6) is 0.831. The van der Waals surface area contributed by atoms with E-state index in [9.17, 15) is 0 Å². The van der Waals surface area contributed by atoms with Crippen LogP contribution < -0.4 is 5.32 Å². The minimum atomic E-state index is 0.722. The van der Waals surface area contributed by atoms with Gasteiger partial charge in [0.2, 0.25) is 0 Å². The SMILES string of the molecule is CCC1CN(CCC(C)C)C(CC)CN1. The molecule has 1 N–H and O–H groups in total. The van der Waals surface area contributed by atoms with Crippen LogP contribution in [0.2, 0.25) is 0 Å². The van der Waals surface area contributed by atoms with Crippen molar-refractivity contribution in [2.24, 2.45) is 5.92 Å². The van der Waals surface area contributed by atoms with Crippen molar-refractivity contribution >= 4 is 0 Å². The van der Waals surface area contributed by atoms with E-state index in [2.05, 4.69) is 37.9 Å². The molecule has 1 rings (SSSR count). The van der Waals surface area contributed by atoms with Crippen molar-refractivity contribution in [2.75, 3.05) is 19.6 Å². The Bertz CT molecular complexity index is 168. The van der Waals surface area contributed by atoms with Gasteiger partial charge in [0.25, 0.3) is 0 Å². The minimum absolute atomic E-state index is 0.722. The van der Waals surface area contributed by atoms with Crippen molar-refractivity contribution in [3.8, 4) is 0 Å². The monoisotopic (exact) mass is 212 g/mol. The van der Waals surface area contributed by atoms with E-state index in [1.807, 2.05) is 0 Å². The van der Waals surface area contributed by atoms with E-state index in [1.54, 1.807) is 0 Å². The Hall–Kier alpha value is -0.0800. The molecule has 1 saturated heterocycles.